The van der Waals surface area contributed by atoms with Crippen LogP contribution in [0.4, 0.5) is 0 Å². The van der Waals surface area contributed by atoms with Gasteiger partial charge in [0.2, 0.25) is 0 Å². The second kappa shape index (κ2) is 17.6. The van der Waals surface area contributed by atoms with E-state index < -0.39 is 26.3 Å². The van der Waals surface area contributed by atoms with Crippen LogP contribution in [0.1, 0.15) is 112 Å². The van der Waals surface area contributed by atoms with Gasteiger partial charge in [-0.3, -0.25) is 4.79 Å². The predicted molar refractivity (Wildman–Crippen MR) is 236 cm³/mol. The monoisotopic (exact) mass is 982 g/mol. The molecule has 11 aliphatic heterocycles. The number of esters is 1. The van der Waals surface area contributed by atoms with Gasteiger partial charge < -0.3 is 51.8 Å². The number of carbonyl (C=O) groups is 1. The molecule has 61 heavy (non-hydrogen) atoms. The van der Waals surface area contributed by atoms with Gasteiger partial charge in [0.15, 0.2) is 14.1 Å². The van der Waals surface area contributed by atoms with Crippen LogP contribution in [0.15, 0.2) is 24.3 Å². The van der Waals surface area contributed by atoms with Gasteiger partial charge in [-0.05, 0) is 80.1 Å². The summed E-state index contributed by atoms with van der Waals surface area (Å²) in [5.74, 6) is -0.920. The summed E-state index contributed by atoms with van der Waals surface area (Å²) in [5, 5.41) is 0. The highest BCUT2D eigenvalue weighted by molar-refractivity contribution is 14.1. The fourth-order valence-electron chi connectivity index (χ4n) is 13.1. The van der Waals surface area contributed by atoms with E-state index in [0.29, 0.717) is 25.7 Å². The summed E-state index contributed by atoms with van der Waals surface area (Å²) < 4.78 is 76.6. The van der Waals surface area contributed by atoms with Gasteiger partial charge in [-0.2, -0.15) is 0 Å². The van der Waals surface area contributed by atoms with E-state index in [4.69, 9.17) is 51.8 Å². The molecule has 0 N–H and O–H groups in total. The molecule has 11 saturated heterocycles. The molecule has 11 rings (SSSR count). The molecule has 12 nitrogen and oxygen atoms in total. The van der Waals surface area contributed by atoms with Crippen LogP contribution in [-0.2, 0) is 56.6 Å². The van der Waals surface area contributed by atoms with Crippen LogP contribution < -0.4 is 0 Å². The van der Waals surface area contributed by atoms with Crippen molar-refractivity contribution in [1.29, 1.82) is 0 Å². The molecule has 0 saturated carbocycles. The molecular formula is C47H71IO12Si. The molecule has 11 heterocycles. The van der Waals surface area contributed by atoms with Crippen LogP contribution in [-0.4, -0.2) is 134 Å². The maximum atomic E-state index is 14.3. The van der Waals surface area contributed by atoms with E-state index in [9.17, 15) is 4.79 Å². The minimum Gasteiger partial charge on any atom is -0.459 e. The highest BCUT2D eigenvalue weighted by Crippen LogP contribution is 2.54. The largest absolute Gasteiger partial charge is 0.459 e. The molecule has 1 spiro atoms. The van der Waals surface area contributed by atoms with Crippen LogP contribution >= 0.6 is 22.6 Å². The summed E-state index contributed by atoms with van der Waals surface area (Å²) in [6, 6.07) is 3.24. The molecule has 14 heteroatoms. The van der Waals surface area contributed by atoms with E-state index in [-0.39, 0.29) is 122 Å². The molecule has 3 unspecified atom stereocenters. The maximum absolute atomic E-state index is 14.3. The SMILES string of the molecule is C=C1C2C[C@@H]3O[C@H]4C[C@@H](O[Si](CC)(CC)CC)[C@@H](CI)O[C@H]4[C@H](C)[C@H]3OC(=O)C[C@H]3CC[C@@H]4OC5[C@H]6O[C@@H]7C[C@](CC[C@H]8CC(=C)[C@H](CC[C@@H](C[C@H]1C)O2)O8)(OC6[C@H]4O3)O[C@@H]57. The Bertz CT molecular complexity index is 1640. The topological polar surface area (TPSA) is 119 Å². The summed E-state index contributed by atoms with van der Waals surface area (Å²) in [6.07, 6.45) is 4.95. The second-order valence-electron chi connectivity index (χ2n) is 20.4. The lowest BCUT2D eigenvalue weighted by Gasteiger charge is -2.52. The summed E-state index contributed by atoms with van der Waals surface area (Å²) in [7, 11) is -1.92. The minimum atomic E-state index is -1.92. The fraction of sp³-hybridized carbons (Fsp3) is 0.894. The number of ether oxygens (including phenoxy) is 10. The standard InChI is InChI=1S/C47H71IO12Si/c1-8-61(9-2,10-3)60-34-21-36-40(56-38(34)23-48)27(7)41-35(53-36)20-33-26(6)24(4)17-28(51-33)11-13-31-25(5)18-30(50-31)15-16-47-22-37-43(58-47)44-45(55-37)46(59-47)42-32(54-44)14-12-29(52-42)19-39(49)57-41/h24,27-38,40-46H,5-6,8-23H2,1-4,7H3/t24-,27+,28+,29-,30+,31+,32+,33?,34-,35+,36+,37-,38-,40+,41-,42+,43-,44?,45-,46?,47+/m1/s1. The molecule has 0 aromatic heterocycles. The molecule has 0 aliphatic carbocycles. The first-order valence-corrected chi connectivity index (χ1v) is 28.2. The molecular weight excluding hydrogens is 911 g/mol. The number of alkyl halides is 1. The third kappa shape index (κ3) is 8.24. The van der Waals surface area contributed by atoms with Crippen molar-refractivity contribution in [2.24, 2.45) is 11.8 Å². The van der Waals surface area contributed by atoms with Crippen molar-refractivity contribution < 1.29 is 56.6 Å². The highest BCUT2D eigenvalue weighted by atomic mass is 127. The number of rotatable bonds is 6. The summed E-state index contributed by atoms with van der Waals surface area (Å²) >= 11 is 2.44. The van der Waals surface area contributed by atoms with Crippen molar-refractivity contribution in [2.45, 2.75) is 245 Å². The molecule has 342 valence electrons. The van der Waals surface area contributed by atoms with E-state index in [1.54, 1.807) is 0 Å². The normalized spacial score (nSPS) is 51.0. The van der Waals surface area contributed by atoms with Crippen molar-refractivity contribution in [3.05, 3.63) is 24.3 Å². The Labute approximate surface area is 377 Å². The first-order chi connectivity index (χ1) is 29.4. The third-order valence-electron chi connectivity index (χ3n) is 16.9. The average molecular weight is 983 g/mol. The van der Waals surface area contributed by atoms with Crippen LogP contribution in [0.25, 0.3) is 0 Å². The second-order valence-corrected chi connectivity index (χ2v) is 26.0. The Hall–Kier alpha value is -0.503. The van der Waals surface area contributed by atoms with Crippen LogP contribution in [0, 0.1) is 11.8 Å². The fourth-order valence-corrected chi connectivity index (χ4v) is 16.8. The third-order valence-corrected chi connectivity index (χ3v) is 22.4. The van der Waals surface area contributed by atoms with Crippen LogP contribution in [0.2, 0.25) is 18.1 Å². The van der Waals surface area contributed by atoms with Crippen molar-refractivity contribution >= 4 is 36.9 Å². The molecule has 0 amide bonds. The molecule has 12 bridgehead atoms. The predicted octanol–water partition coefficient (Wildman–Crippen LogP) is 7.67. The Morgan fingerprint density at radius 1 is 0.672 bits per heavy atom. The van der Waals surface area contributed by atoms with E-state index >= 15 is 0 Å². The first kappa shape index (κ1) is 44.3. The van der Waals surface area contributed by atoms with E-state index in [0.717, 1.165) is 78.7 Å². The Balaban J connectivity index is 0.928. The van der Waals surface area contributed by atoms with Gasteiger partial charge in [-0.1, -0.05) is 70.4 Å². The number of hydrogen-bond acceptors (Lipinski definition) is 12. The zero-order valence-electron chi connectivity index (χ0n) is 37.1. The van der Waals surface area contributed by atoms with E-state index in [2.05, 4.69) is 70.4 Å². The van der Waals surface area contributed by atoms with Crippen LogP contribution in [0.5, 0.6) is 0 Å². The molecule has 0 radical (unpaired) electrons. The van der Waals surface area contributed by atoms with Crippen molar-refractivity contribution in [2.75, 3.05) is 4.43 Å². The lowest BCUT2D eigenvalue weighted by Crippen LogP contribution is -2.63. The molecule has 0 aromatic rings. The summed E-state index contributed by atoms with van der Waals surface area (Å²) in [5.41, 5.74) is 2.23. The lowest BCUT2D eigenvalue weighted by atomic mass is 9.79. The van der Waals surface area contributed by atoms with Gasteiger partial charge in [0.05, 0.1) is 79.7 Å². The van der Waals surface area contributed by atoms with Gasteiger partial charge in [0, 0.05) is 36.0 Å². The Morgan fingerprint density at radius 2 is 1.38 bits per heavy atom. The Kier molecular flexibility index (Phi) is 12.8. The number of fused-ring (bicyclic) bond motifs is 7. The smallest absolute Gasteiger partial charge is 0.308 e. The zero-order valence-corrected chi connectivity index (χ0v) is 40.2. The number of carbonyl (C=O) groups excluding carboxylic acids is 1. The van der Waals surface area contributed by atoms with Crippen molar-refractivity contribution in [1.82, 2.24) is 0 Å². The van der Waals surface area contributed by atoms with Crippen molar-refractivity contribution in [3.63, 3.8) is 0 Å². The first-order valence-electron chi connectivity index (χ1n) is 24.1. The summed E-state index contributed by atoms with van der Waals surface area (Å²) in [4.78, 5) is 14.3. The number of hydrogen-bond donors (Lipinski definition) is 0. The van der Waals surface area contributed by atoms with Gasteiger partial charge in [-0.25, -0.2) is 0 Å². The summed E-state index contributed by atoms with van der Waals surface area (Å²) in [6.45, 7) is 20.3. The van der Waals surface area contributed by atoms with Gasteiger partial charge in [0.25, 0.3) is 0 Å². The minimum absolute atomic E-state index is 0.0155. The molecule has 11 fully saturated rings. The lowest BCUT2D eigenvalue weighted by molar-refractivity contribution is -0.293. The van der Waals surface area contributed by atoms with E-state index in [1.807, 2.05) is 0 Å². The van der Waals surface area contributed by atoms with Gasteiger partial charge in [-0.15, -0.1) is 0 Å². The van der Waals surface area contributed by atoms with Crippen molar-refractivity contribution in [3.8, 4) is 0 Å². The Morgan fingerprint density at radius 3 is 2.16 bits per heavy atom. The maximum Gasteiger partial charge on any atom is 0.308 e. The van der Waals surface area contributed by atoms with Gasteiger partial charge in [0.1, 0.15) is 36.6 Å². The molecule has 21 atom stereocenters. The van der Waals surface area contributed by atoms with Gasteiger partial charge >= 0.3 is 5.97 Å². The quantitative estimate of drug-likeness (QED) is 0.0855. The zero-order chi connectivity index (χ0) is 42.4. The number of halogens is 1. The van der Waals surface area contributed by atoms with Crippen LogP contribution in [0.3, 0.4) is 0 Å². The van der Waals surface area contributed by atoms with E-state index in [1.165, 1.54) is 0 Å². The molecule has 0 aromatic carbocycles. The highest BCUT2D eigenvalue weighted by Gasteiger charge is 2.69. The molecule has 11 aliphatic rings. The average Bonchev–Trinajstić information content (AvgIpc) is 3.84.